The van der Waals surface area contributed by atoms with Crippen molar-refractivity contribution < 1.29 is 25.0 Å². The molecule has 0 heterocycles. The van der Waals surface area contributed by atoms with E-state index in [1.54, 1.807) is 0 Å². The Balaban J connectivity index is -0.0000000800. The molecule has 0 unspecified atom stereocenters. The Morgan fingerprint density at radius 3 is 1.67 bits per heavy atom. The van der Waals surface area contributed by atoms with Crippen LogP contribution in [0.4, 0.5) is 0 Å². The van der Waals surface area contributed by atoms with Crippen LogP contribution in [0.25, 0.3) is 0 Å². The van der Waals surface area contributed by atoms with Gasteiger partial charge >= 0.3 is 18.9 Å². The minimum absolute atomic E-state index is 0. The van der Waals surface area contributed by atoms with Crippen molar-refractivity contribution in [2.24, 2.45) is 0 Å². The molecule has 0 atom stereocenters. The molecule has 0 rings (SSSR count). The second-order valence-corrected chi connectivity index (χ2v) is 0.781. The number of hydrogen-bond donors (Lipinski definition) is 0. The molecule has 1 nitrogen and oxygen atoms in total. The molecule has 0 spiro atoms. The molecule has 6 heavy (non-hydrogen) atoms. The molecule has 0 amide bonds. The molecule has 0 aromatic rings. The van der Waals surface area contributed by atoms with Gasteiger partial charge in [0.1, 0.15) is 0 Å². The van der Waals surface area contributed by atoms with Crippen molar-refractivity contribution in [1.82, 2.24) is 0 Å². The van der Waals surface area contributed by atoms with Crippen LogP contribution in [0.3, 0.4) is 0 Å². The fourth-order valence-corrected chi connectivity index (χ4v) is 0.204. The van der Waals surface area contributed by atoms with Crippen LogP contribution in [0.5, 0.6) is 0 Å². The maximum absolute atomic E-state index is 4.83. The van der Waals surface area contributed by atoms with Gasteiger partial charge in [-0.2, -0.15) is 0 Å². The van der Waals surface area contributed by atoms with Crippen LogP contribution in [0.2, 0.25) is 0 Å². The standard InChI is InChI=1S/C4H10O.Li.H/c1-3-5-4-2;;/h3-4H2,1-2H3;;/q;+1;-1. The van der Waals surface area contributed by atoms with Gasteiger partial charge in [-0.3, -0.25) is 0 Å². The monoisotopic (exact) mass is 82.1 g/mol. The van der Waals surface area contributed by atoms with E-state index in [0.717, 1.165) is 13.2 Å². The van der Waals surface area contributed by atoms with E-state index in [2.05, 4.69) is 0 Å². The van der Waals surface area contributed by atoms with Crippen LogP contribution in [0.1, 0.15) is 15.3 Å². The van der Waals surface area contributed by atoms with Crippen molar-refractivity contribution in [3.8, 4) is 0 Å². The van der Waals surface area contributed by atoms with E-state index in [0.29, 0.717) is 0 Å². The summed E-state index contributed by atoms with van der Waals surface area (Å²) in [5.41, 5.74) is 0. The number of ether oxygens (including phenoxy) is 1. The summed E-state index contributed by atoms with van der Waals surface area (Å²) in [7, 11) is 0. The molecule has 0 aliphatic heterocycles. The Labute approximate surface area is 52.7 Å². The summed E-state index contributed by atoms with van der Waals surface area (Å²) in [4.78, 5) is 0. The van der Waals surface area contributed by atoms with E-state index in [1.807, 2.05) is 13.8 Å². The summed E-state index contributed by atoms with van der Waals surface area (Å²) in [5.74, 6) is 0. The largest absolute Gasteiger partial charge is 1.00 e. The topological polar surface area (TPSA) is 9.23 Å². The second kappa shape index (κ2) is 9.12. The third-order valence-corrected chi connectivity index (χ3v) is 0.408. The molecule has 0 N–H and O–H groups in total. The maximum Gasteiger partial charge on any atom is 1.00 e. The summed E-state index contributed by atoms with van der Waals surface area (Å²) in [5, 5.41) is 0. The molecule has 0 aliphatic carbocycles. The Bertz CT molecular complexity index is 19.2. The summed E-state index contributed by atoms with van der Waals surface area (Å²) in [6.45, 7) is 5.67. The molecule has 0 aromatic heterocycles. The molecule has 0 saturated heterocycles. The normalized spacial score (nSPS) is 7.00. The van der Waals surface area contributed by atoms with E-state index in [4.69, 9.17) is 4.74 Å². The quantitative estimate of drug-likeness (QED) is 0.356. The van der Waals surface area contributed by atoms with E-state index >= 15 is 0 Å². The predicted molar refractivity (Wildman–Crippen MR) is 23.3 cm³/mol. The van der Waals surface area contributed by atoms with Crippen LogP contribution in [-0.2, 0) is 4.74 Å². The number of rotatable bonds is 2. The van der Waals surface area contributed by atoms with Gasteiger partial charge in [-0.1, -0.05) is 0 Å². The van der Waals surface area contributed by atoms with Crippen LogP contribution >= 0.6 is 0 Å². The fraction of sp³-hybridized carbons (Fsp3) is 1.00. The average Bonchev–Trinajstić information content (AvgIpc) is 1.41. The van der Waals surface area contributed by atoms with Gasteiger partial charge in [-0.05, 0) is 13.8 Å². The molecule has 0 aliphatic rings. The van der Waals surface area contributed by atoms with E-state index < -0.39 is 0 Å². The third-order valence-electron chi connectivity index (χ3n) is 0.408. The predicted octanol–water partition coefficient (Wildman–Crippen LogP) is -1.84. The van der Waals surface area contributed by atoms with Crippen molar-refractivity contribution in [2.45, 2.75) is 13.8 Å². The average molecular weight is 82.1 g/mol. The van der Waals surface area contributed by atoms with Gasteiger partial charge < -0.3 is 6.16 Å². The summed E-state index contributed by atoms with van der Waals surface area (Å²) >= 11 is 0. The first kappa shape index (κ1) is 9.75. The van der Waals surface area contributed by atoms with Gasteiger partial charge in [0, 0.05) is 13.2 Å². The zero-order chi connectivity index (χ0) is 4.12. The maximum atomic E-state index is 4.83. The molecule has 0 aromatic carbocycles. The Hall–Kier alpha value is 0.557. The first-order chi connectivity index (χ1) is 2.41. The van der Waals surface area contributed by atoms with Crippen molar-refractivity contribution in [1.29, 1.82) is 0 Å². The summed E-state index contributed by atoms with van der Waals surface area (Å²) in [6.07, 6.45) is 0. The van der Waals surface area contributed by atoms with Gasteiger partial charge in [0.05, 0.1) is 0 Å². The van der Waals surface area contributed by atoms with Crippen molar-refractivity contribution in [3.05, 3.63) is 0 Å². The molecule has 0 radical (unpaired) electrons. The first-order valence-corrected chi connectivity index (χ1v) is 1.99. The van der Waals surface area contributed by atoms with Crippen LogP contribution < -0.4 is 18.9 Å². The smallest absolute Gasteiger partial charge is 1.00 e. The minimum Gasteiger partial charge on any atom is -1.00 e. The van der Waals surface area contributed by atoms with Crippen molar-refractivity contribution >= 4 is 0 Å². The Morgan fingerprint density at radius 1 is 1.33 bits per heavy atom. The van der Waals surface area contributed by atoms with E-state index in [9.17, 15) is 0 Å². The molecule has 0 saturated carbocycles. The van der Waals surface area contributed by atoms with Crippen LogP contribution in [0, 0.1) is 0 Å². The molecule has 0 bridgehead atoms. The molecule has 2 heteroatoms. The van der Waals surface area contributed by atoms with E-state index in [-0.39, 0.29) is 20.3 Å². The van der Waals surface area contributed by atoms with Gasteiger partial charge in [0.15, 0.2) is 0 Å². The second-order valence-electron chi connectivity index (χ2n) is 0.781. The van der Waals surface area contributed by atoms with E-state index in [1.165, 1.54) is 0 Å². The fourth-order valence-electron chi connectivity index (χ4n) is 0.204. The van der Waals surface area contributed by atoms with Gasteiger partial charge in [-0.15, -0.1) is 0 Å². The van der Waals surface area contributed by atoms with Crippen molar-refractivity contribution in [2.75, 3.05) is 13.2 Å². The molecular weight excluding hydrogens is 71.0 g/mol. The first-order valence-electron chi connectivity index (χ1n) is 1.99. The SMILES string of the molecule is CCOCC.[H-].[Li+]. The van der Waals surface area contributed by atoms with Gasteiger partial charge in [-0.25, -0.2) is 0 Å². The van der Waals surface area contributed by atoms with Crippen molar-refractivity contribution in [3.63, 3.8) is 0 Å². The zero-order valence-corrected chi connectivity index (χ0v) is 4.82. The van der Waals surface area contributed by atoms with Crippen LogP contribution in [0.15, 0.2) is 0 Å². The Morgan fingerprint density at radius 2 is 1.67 bits per heavy atom. The third kappa shape index (κ3) is 8.82. The zero-order valence-electron chi connectivity index (χ0n) is 5.82. The van der Waals surface area contributed by atoms with Crippen LogP contribution in [-0.4, -0.2) is 13.2 Å². The van der Waals surface area contributed by atoms with Gasteiger partial charge in [0.25, 0.3) is 0 Å². The molecule has 34 valence electrons. The number of hydrogen-bond acceptors (Lipinski definition) is 1. The molecule has 0 fully saturated rings. The summed E-state index contributed by atoms with van der Waals surface area (Å²) < 4.78 is 4.83. The van der Waals surface area contributed by atoms with Gasteiger partial charge in [0.2, 0.25) is 0 Å². The molecular formula is C4H11LiO. The summed E-state index contributed by atoms with van der Waals surface area (Å²) in [6, 6.07) is 0. The Kier molecular flexibility index (Phi) is 14.8. The minimum atomic E-state index is 0.